The number of hydrogen-bond donors (Lipinski definition) is 0. The second-order valence-electron chi connectivity index (χ2n) is 7.98. The highest BCUT2D eigenvalue weighted by Crippen LogP contribution is 2.31. The number of sulfonamides is 1. The molecule has 0 atom stereocenters. The van der Waals surface area contributed by atoms with Gasteiger partial charge in [0.15, 0.2) is 0 Å². The topological polar surface area (TPSA) is 57.7 Å². The highest BCUT2D eigenvalue weighted by molar-refractivity contribution is 7.89. The van der Waals surface area contributed by atoms with Crippen LogP contribution >= 0.6 is 0 Å². The fourth-order valence-corrected chi connectivity index (χ4v) is 5.72. The summed E-state index contributed by atoms with van der Waals surface area (Å²) in [5.74, 6) is -0.203. The maximum absolute atomic E-state index is 13.0. The SMILES string of the molecule is O=C(C1CCN(S(=O)(=O)c2ccc(C(F)(F)F)cc2)CC1)N1CCc2ccccc2C1. The number of carbonyl (C=O) groups excluding carboxylic acids is 1. The second-order valence-corrected chi connectivity index (χ2v) is 9.92. The second kappa shape index (κ2) is 8.27. The molecular formula is C22H23F3N2O3S. The number of hydrogen-bond acceptors (Lipinski definition) is 3. The van der Waals surface area contributed by atoms with E-state index in [0.717, 1.165) is 36.2 Å². The molecule has 0 bridgehead atoms. The van der Waals surface area contributed by atoms with E-state index in [1.165, 1.54) is 9.87 Å². The van der Waals surface area contributed by atoms with Crippen LogP contribution in [0.15, 0.2) is 53.4 Å². The molecule has 0 aromatic heterocycles. The highest BCUT2D eigenvalue weighted by Gasteiger charge is 2.35. The molecule has 2 aromatic rings. The van der Waals surface area contributed by atoms with Crippen molar-refractivity contribution < 1.29 is 26.4 Å². The molecule has 0 N–H and O–H groups in total. The van der Waals surface area contributed by atoms with E-state index in [0.29, 0.717) is 25.9 Å². The Kier molecular flexibility index (Phi) is 5.83. The van der Waals surface area contributed by atoms with Crippen molar-refractivity contribution in [1.29, 1.82) is 0 Å². The molecule has 2 aromatic carbocycles. The number of fused-ring (bicyclic) bond motifs is 1. The van der Waals surface area contributed by atoms with Crippen LogP contribution in [-0.2, 0) is 34.0 Å². The van der Waals surface area contributed by atoms with Gasteiger partial charge in [-0.2, -0.15) is 17.5 Å². The summed E-state index contributed by atoms with van der Waals surface area (Å²) in [6.45, 7) is 1.56. The molecule has 9 heteroatoms. The lowest BCUT2D eigenvalue weighted by atomic mass is 9.94. The van der Waals surface area contributed by atoms with Crippen LogP contribution in [0, 0.1) is 5.92 Å². The van der Waals surface area contributed by atoms with Crippen LogP contribution < -0.4 is 0 Å². The Balaban J connectivity index is 1.38. The molecule has 4 rings (SSSR count). The molecule has 1 amide bonds. The van der Waals surface area contributed by atoms with E-state index in [1.54, 1.807) is 0 Å². The average molecular weight is 452 g/mol. The largest absolute Gasteiger partial charge is 0.416 e. The molecule has 5 nitrogen and oxygen atoms in total. The van der Waals surface area contributed by atoms with Crippen LogP contribution in [-0.4, -0.2) is 43.2 Å². The summed E-state index contributed by atoms with van der Waals surface area (Å²) >= 11 is 0. The molecule has 166 valence electrons. The zero-order chi connectivity index (χ0) is 22.2. The smallest absolute Gasteiger partial charge is 0.338 e. The van der Waals surface area contributed by atoms with E-state index in [-0.39, 0.29) is 29.8 Å². The first kappa shape index (κ1) is 21.8. The Bertz CT molecular complexity index is 1060. The number of piperidine rings is 1. The molecule has 0 radical (unpaired) electrons. The van der Waals surface area contributed by atoms with Crippen molar-refractivity contribution in [2.24, 2.45) is 5.92 Å². The molecule has 2 aliphatic rings. The molecule has 31 heavy (non-hydrogen) atoms. The Morgan fingerprint density at radius 2 is 1.52 bits per heavy atom. The number of rotatable bonds is 3. The third-order valence-electron chi connectivity index (χ3n) is 6.06. The Morgan fingerprint density at radius 3 is 2.13 bits per heavy atom. The van der Waals surface area contributed by atoms with Crippen molar-refractivity contribution in [2.75, 3.05) is 19.6 Å². The Labute approximate surface area is 179 Å². The van der Waals surface area contributed by atoms with Gasteiger partial charge in [-0.15, -0.1) is 0 Å². The minimum absolute atomic E-state index is 0.0427. The third kappa shape index (κ3) is 4.48. The van der Waals surface area contributed by atoms with Gasteiger partial charge in [0.2, 0.25) is 15.9 Å². The molecule has 0 saturated carbocycles. The summed E-state index contributed by atoms with van der Waals surface area (Å²) in [7, 11) is -3.90. The first-order chi connectivity index (χ1) is 14.7. The molecule has 0 aliphatic carbocycles. The maximum atomic E-state index is 13.0. The molecule has 2 heterocycles. The first-order valence-electron chi connectivity index (χ1n) is 10.2. The zero-order valence-electron chi connectivity index (χ0n) is 16.8. The Hall–Kier alpha value is -2.39. The average Bonchev–Trinajstić information content (AvgIpc) is 2.78. The van der Waals surface area contributed by atoms with Gasteiger partial charge in [0.25, 0.3) is 0 Å². The lowest BCUT2D eigenvalue weighted by Crippen LogP contribution is -2.45. The quantitative estimate of drug-likeness (QED) is 0.714. The minimum Gasteiger partial charge on any atom is -0.338 e. The minimum atomic E-state index is -4.52. The molecule has 2 aliphatic heterocycles. The number of benzene rings is 2. The first-order valence-corrected chi connectivity index (χ1v) is 11.6. The van der Waals surface area contributed by atoms with Crippen LogP contribution in [0.5, 0.6) is 0 Å². The van der Waals surface area contributed by atoms with Crippen molar-refractivity contribution in [1.82, 2.24) is 9.21 Å². The predicted molar refractivity (Wildman–Crippen MR) is 108 cm³/mol. The summed E-state index contributed by atoms with van der Waals surface area (Å²) in [6, 6.07) is 11.6. The normalized spacial score (nSPS) is 18.6. The van der Waals surface area contributed by atoms with Crippen LogP contribution in [0.4, 0.5) is 13.2 Å². The van der Waals surface area contributed by atoms with E-state index >= 15 is 0 Å². The van der Waals surface area contributed by atoms with Gasteiger partial charge < -0.3 is 4.90 Å². The van der Waals surface area contributed by atoms with Gasteiger partial charge in [-0.25, -0.2) is 8.42 Å². The lowest BCUT2D eigenvalue weighted by Gasteiger charge is -2.35. The van der Waals surface area contributed by atoms with Crippen molar-refractivity contribution in [3.05, 3.63) is 65.2 Å². The van der Waals surface area contributed by atoms with Gasteiger partial charge in [0.05, 0.1) is 10.5 Å². The van der Waals surface area contributed by atoms with Gasteiger partial charge in [0, 0.05) is 32.1 Å². The van der Waals surface area contributed by atoms with Gasteiger partial charge in [-0.3, -0.25) is 4.79 Å². The van der Waals surface area contributed by atoms with Gasteiger partial charge in [-0.1, -0.05) is 24.3 Å². The van der Waals surface area contributed by atoms with Crippen molar-refractivity contribution in [2.45, 2.75) is 36.9 Å². The summed E-state index contributed by atoms with van der Waals surface area (Å²) in [6.07, 6.45) is -2.91. The zero-order valence-corrected chi connectivity index (χ0v) is 17.6. The fraction of sp³-hybridized carbons (Fsp3) is 0.409. The summed E-state index contributed by atoms with van der Waals surface area (Å²) in [5, 5.41) is 0. The predicted octanol–water partition coefficient (Wildman–Crippen LogP) is 3.69. The lowest BCUT2D eigenvalue weighted by molar-refractivity contribution is -0.138. The number of carbonyl (C=O) groups is 1. The van der Waals surface area contributed by atoms with Gasteiger partial charge in [-0.05, 0) is 54.7 Å². The summed E-state index contributed by atoms with van der Waals surface area (Å²) in [5.41, 5.74) is 1.51. The Morgan fingerprint density at radius 1 is 0.903 bits per heavy atom. The van der Waals surface area contributed by atoms with Crippen LogP contribution in [0.25, 0.3) is 0 Å². The van der Waals surface area contributed by atoms with Crippen LogP contribution in [0.2, 0.25) is 0 Å². The molecule has 0 spiro atoms. The molecule has 0 unspecified atom stereocenters. The van der Waals surface area contributed by atoms with E-state index in [4.69, 9.17) is 0 Å². The van der Waals surface area contributed by atoms with E-state index < -0.39 is 21.8 Å². The van der Waals surface area contributed by atoms with Crippen molar-refractivity contribution in [3.8, 4) is 0 Å². The third-order valence-corrected chi connectivity index (χ3v) is 7.98. The van der Waals surface area contributed by atoms with Crippen molar-refractivity contribution >= 4 is 15.9 Å². The number of nitrogens with zero attached hydrogens (tertiary/aromatic N) is 2. The fourth-order valence-electron chi connectivity index (χ4n) is 4.25. The van der Waals surface area contributed by atoms with E-state index in [9.17, 15) is 26.4 Å². The van der Waals surface area contributed by atoms with Crippen LogP contribution in [0.1, 0.15) is 29.5 Å². The molecular weight excluding hydrogens is 429 g/mol. The summed E-state index contributed by atoms with van der Waals surface area (Å²) in [4.78, 5) is 14.6. The highest BCUT2D eigenvalue weighted by atomic mass is 32.2. The summed E-state index contributed by atoms with van der Waals surface area (Å²) < 4.78 is 65.1. The monoisotopic (exact) mass is 452 g/mol. The van der Waals surface area contributed by atoms with Gasteiger partial charge in [0.1, 0.15) is 0 Å². The van der Waals surface area contributed by atoms with E-state index in [1.807, 2.05) is 23.1 Å². The standard InChI is InChI=1S/C22H23F3N2O3S/c23-22(24,25)19-5-7-20(8-6-19)31(29,30)27-13-10-17(11-14-27)21(28)26-12-9-16-3-1-2-4-18(16)15-26/h1-8,17H,9-15H2. The molecule has 1 saturated heterocycles. The van der Waals surface area contributed by atoms with Crippen molar-refractivity contribution in [3.63, 3.8) is 0 Å². The van der Waals surface area contributed by atoms with E-state index in [2.05, 4.69) is 6.07 Å². The molecule has 1 fully saturated rings. The number of halogens is 3. The number of amides is 1. The maximum Gasteiger partial charge on any atom is 0.416 e. The van der Waals surface area contributed by atoms with Crippen LogP contribution in [0.3, 0.4) is 0 Å². The number of alkyl halides is 3. The van der Waals surface area contributed by atoms with Gasteiger partial charge >= 0.3 is 6.18 Å².